The Kier molecular flexibility index (Phi) is 5.91. The number of fused-ring (bicyclic) bond motifs is 1. The van der Waals surface area contributed by atoms with Crippen LogP contribution in [0.2, 0.25) is 5.02 Å². The number of rotatable bonds is 4. The van der Waals surface area contributed by atoms with E-state index in [1.807, 2.05) is 0 Å². The van der Waals surface area contributed by atoms with Gasteiger partial charge in [-0.2, -0.15) is 13.2 Å². The van der Waals surface area contributed by atoms with Gasteiger partial charge in [-0.25, -0.2) is 13.2 Å². The van der Waals surface area contributed by atoms with Crippen LogP contribution in [-0.4, -0.2) is 23.7 Å². The summed E-state index contributed by atoms with van der Waals surface area (Å²) in [5.74, 6) is -0.230. The maximum atomic E-state index is 13.1. The number of hydrogen-bond donors (Lipinski definition) is 1. The third-order valence-electron chi connectivity index (χ3n) is 4.44. The molecule has 0 aliphatic rings. The predicted molar refractivity (Wildman–Crippen MR) is 110 cm³/mol. The molecule has 12 heteroatoms. The smallest absolute Gasteiger partial charge is 0.306 e. The van der Waals surface area contributed by atoms with E-state index in [9.17, 15) is 31.2 Å². The molecule has 0 atom stereocenters. The maximum Gasteiger partial charge on any atom is 0.416 e. The molecule has 0 aliphatic heterocycles. The molecule has 0 radical (unpaired) electrons. The van der Waals surface area contributed by atoms with Crippen LogP contribution in [0.5, 0.6) is 0 Å². The molecule has 0 bridgehead atoms. The van der Waals surface area contributed by atoms with Gasteiger partial charge in [-0.15, -0.1) is 0 Å². The molecule has 1 N–H and O–H groups in total. The van der Waals surface area contributed by atoms with Gasteiger partial charge >= 0.3 is 11.9 Å². The Balaban J connectivity index is 2.28. The van der Waals surface area contributed by atoms with Gasteiger partial charge in [0.15, 0.2) is 9.84 Å². The summed E-state index contributed by atoms with van der Waals surface area (Å²) >= 11 is 8.88. The van der Waals surface area contributed by atoms with Gasteiger partial charge in [-0.3, -0.25) is 9.36 Å². The molecule has 3 aromatic rings. The number of benzene rings is 2. The summed E-state index contributed by atoms with van der Waals surface area (Å²) in [4.78, 5) is 27.6. The van der Waals surface area contributed by atoms with Crippen LogP contribution in [0.3, 0.4) is 0 Å². The first kappa shape index (κ1) is 22.6. The largest absolute Gasteiger partial charge is 0.416 e. The molecule has 0 amide bonds. The first-order chi connectivity index (χ1) is 13.8. The molecule has 160 valence electrons. The Bertz CT molecular complexity index is 1380. The van der Waals surface area contributed by atoms with Crippen molar-refractivity contribution in [3.05, 3.63) is 71.8 Å². The van der Waals surface area contributed by atoms with E-state index in [0.717, 1.165) is 6.07 Å². The fraction of sp³-hybridized carbons (Fsp3) is 0.222. The minimum Gasteiger partial charge on any atom is -0.306 e. The highest BCUT2D eigenvalue weighted by Gasteiger charge is 2.32. The molecule has 0 saturated heterocycles. The molecule has 0 spiro atoms. The van der Waals surface area contributed by atoms with Crippen LogP contribution in [0.1, 0.15) is 18.1 Å². The Morgan fingerprint density at radius 1 is 1.17 bits per heavy atom. The lowest BCUT2D eigenvalue weighted by Gasteiger charge is -2.13. The number of halogens is 5. The van der Waals surface area contributed by atoms with E-state index in [0.29, 0.717) is 10.6 Å². The van der Waals surface area contributed by atoms with Gasteiger partial charge in [0.2, 0.25) is 0 Å². The molecule has 2 aromatic carbocycles. The Hall–Kier alpha value is -2.11. The van der Waals surface area contributed by atoms with E-state index in [1.54, 1.807) is 0 Å². The van der Waals surface area contributed by atoms with Crippen LogP contribution in [-0.2, 0) is 22.6 Å². The first-order valence-corrected chi connectivity index (χ1v) is 11.2. The summed E-state index contributed by atoms with van der Waals surface area (Å²) in [5, 5.41) is -0.203. The van der Waals surface area contributed by atoms with Crippen molar-refractivity contribution in [1.82, 2.24) is 9.55 Å². The molecular weight excluding hydrogens is 513 g/mol. The van der Waals surface area contributed by atoms with Gasteiger partial charge in [0.25, 0.3) is 5.56 Å². The predicted octanol–water partition coefficient (Wildman–Crippen LogP) is 3.97. The molecule has 1 aromatic heterocycles. The molecule has 6 nitrogen and oxygen atoms in total. The number of aromatic amines is 1. The minimum atomic E-state index is -4.71. The highest BCUT2D eigenvalue weighted by Crippen LogP contribution is 2.33. The van der Waals surface area contributed by atoms with E-state index >= 15 is 0 Å². The lowest BCUT2D eigenvalue weighted by molar-refractivity contribution is -0.137. The topological polar surface area (TPSA) is 89.0 Å². The van der Waals surface area contributed by atoms with Crippen molar-refractivity contribution in [2.75, 3.05) is 5.75 Å². The first-order valence-electron chi connectivity index (χ1n) is 8.40. The van der Waals surface area contributed by atoms with Crippen molar-refractivity contribution in [2.24, 2.45) is 0 Å². The standard InChI is InChI=1S/C18H13BrClF3N2O4S/c1-2-30(28,29)14-4-3-11(20)5-9(14)8-25-16(26)12-6-10(18(21,22)23)7-13(19)15(12)24-17(25)27/h3-7H,2,8H2,1H3,(H,24,27). The molecule has 30 heavy (non-hydrogen) atoms. The molecule has 1 heterocycles. The molecule has 0 fully saturated rings. The number of hydrogen-bond acceptors (Lipinski definition) is 4. The quantitative estimate of drug-likeness (QED) is 0.558. The lowest BCUT2D eigenvalue weighted by atomic mass is 10.1. The summed E-state index contributed by atoms with van der Waals surface area (Å²) in [6, 6.07) is 5.30. The highest BCUT2D eigenvalue weighted by molar-refractivity contribution is 9.10. The summed E-state index contributed by atoms with van der Waals surface area (Å²) in [7, 11) is -3.71. The number of H-pyrrole nitrogens is 1. The number of nitrogens with one attached hydrogen (secondary N) is 1. The van der Waals surface area contributed by atoms with Gasteiger partial charge in [-0.1, -0.05) is 18.5 Å². The average Bonchev–Trinajstić information content (AvgIpc) is 2.65. The fourth-order valence-corrected chi connectivity index (χ4v) is 4.79. The van der Waals surface area contributed by atoms with Crippen LogP contribution in [0.25, 0.3) is 10.9 Å². The zero-order chi connectivity index (χ0) is 22.4. The van der Waals surface area contributed by atoms with E-state index in [1.165, 1.54) is 25.1 Å². The van der Waals surface area contributed by atoms with Crippen molar-refractivity contribution >= 4 is 48.3 Å². The van der Waals surface area contributed by atoms with Gasteiger partial charge in [0.1, 0.15) is 0 Å². The zero-order valence-electron chi connectivity index (χ0n) is 15.2. The van der Waals surface area contributed by atoms with Gasteiger partial charge in [0.05, 0.1) is 33.7 Å². The summed E-state index contributed by atoms with van der Waals surface area (Å²) in [5.41, 5.74) is -3.01. The van der Waals surface area contributed by atoms with Crippen molar-refractivity contribution in [3.63, 3.8) is 0 Å². The van der Waals surface area contributed by atoms with Crippen LogP contribution < -0.4 is 11.2 Å². The van der Waals surface area contributed by atoms with Crippen molar-refractivity contribution in [3.8, 4) is 0 Å². The maximum absolute atomic E-state index is 13.1. The zero-order valence-corrected chi connectivity index (χ0v) is 18.3. The molecule has 0 saturated carbocycles. The molecule has 3 rings (SSSR count). The second-order valence-corrected chi connectivity index (χ2v) is 9.89. The van der Waals surface area contributed by atoms with Crippen molar-refractivity contribution in [1.29, 1.82) is 0 Å². The SMILES string of the molecule is CCS(=O)(=O)c1ccc(Cl)cc1Cn1c(=O)[nH]c2c(Br)cc(C(F)(F)F)cc2c1=O. The van der Waals surface area contributed by atoms with Crippen LogP contribution in [0, 0.1) is 0 Å². The van der Waals surface area contributed by atoms with Crippen LogP contribution in [0.15, 0.2) is 49.3 Å². The monoisotopic (exact) mass is 524 g/mol. The Morgan fingerprint density at radius 3 is 2.43 bits per heavy atom. The van der Waals surface area contributed by atoms with Crippen molar-refractivity contribution < 1.29 is 21.6 Å². The third-order valence-corrected chi connectivity index (χ3v) is 7.13. The minimum absolute atomic E-state index is 0.0716. The van der Waals surface area contributed by atoms with Crippen LogP contribution in [0.4, 0.5) is 13.2 Å². The van der Waals surface area contributed by atoms with Gasteiger partial charge < -0.3 is 4.98 Å². The van der Waals surface area contributed by atoms with Gasteiger partial charge in [0, 0.05) is 9.50 Å². The third kappa shape index (κ3) is 4.19. The van der Waals surface area contributed by atoms with Crippen molar-refractivity contribution in [2.45, 2.75) is 24.5 Å². The van der Waals surface area contributed by atoms with Gasteiger partial charge in [-0.05, 0) is 51.8 Å². The van der Waals surface area contributed by atoms with E-state index in [-0.39, 0.29) is 36.6 Å². The Morgan fingerprint density at radius 2 is 1.83 bits per heavy atom. The summed E-state index contributed by atoms with van der Waals surface area (Å²) < 4.78 is 64.7. The summed E-state index contributed by atoms with van der Waals surface area (Å²) in [6.07, 6.45) is -4.71. The van der Waals surface area contributed by atoms with Crippen LogP contribution >= 0.6 is 27.5 Å². The van der Waals surface area contributed by atoms with E-state index in [4.69, 9.17) is 11.6 Å². The number of alkyl halides is 3. The normalized spacial score (nSPS) is 12.5. The Labute approximate surface area is 181 Å². The number of nitrogens with zero attached hydrogens (tertiary/aromatic N) is 1. The highest BCUT2D eigenvalue weighted by atomic mass is 79.9. The lowest BCUT2D eigenvalue weighted by Crippen LogP contribution is -2.36. The van der Waals surface area contributed by atoms with E-state index in [2.05, 4.69) is 20.9 Å². The summed E-state index contributed by atoms with van der Waals surface area (Å²) in [6.45, 7) is 0.937. The number of sulfone groups is 1. The fourth-order valence-electron chi connectivity index (χ4n) is 2.92. The molecule has 0 unspecified atom stereocenters. The average molecular weight is 526 g/mol. The molecular formula is C18H13BrClF3N2O4S. The van der Waals surface area contributed by atoms with E-state index < -0.39 is 39.4 Å². The molecule has 0 aliphatic carbocycles. The number of aromatic nitrogens is 2. The second-order valence-electron chi connectivity index (χ2n) is 6.36. The second kappa shape index (κ2) is 7.86.